The molecular weight excluding hydrogens is 355 g/mol. The molecule has 0 N–H and O–H groups in total. The molecule has 142 valence electrons. The van der Waals surface area contributed by atoms with Gasteiger partial charge in [-0.15, -0.1) is 0 Å². The second-order valence-electron chi connectivity index (χ2n) is 7.17. The number of allylic oxidation sites excluding steroid dienone is 11. The lowest BCUT2D eigenvalue weighted by atomic mass is 9.69. The zero-order valence-corrected chi connectivity index (χ0v) is 16.6. The first kappa shape index (κ1) is 18.9. The maximum absolute atomic E-state index is 13.7. The third-order valence-corrected chi connectivity index (χ3v) is 5.84. The van der Waals surface area contributed by atoms with Gasteiger partial charge in [0.25, 0.3) is 0 Å². The monoisotopic (exact) mass is 378 g/mol. The van der Waals surface area contributed by atoms with Crippen molar-refractivity contribution in [2.24, 2.45) is 0 Å². The summed E-state index contributed by atoms with van der Waals surface area (Å²) in [7, 11) is 0. The van der Waals surface area contributed by atoms with E-state index in [0.717, 1.165) is 22.3 Å². The Kier molecular flexibility index (Phi) is 4.68. The lowest BCUT2D eigenvalue weighted by Gasteiger charge is -2.32. The Balaban J connectivity index is 2.23. The van der Waals surface area contributed by atoms with Crippen LogP contribution in [-0.2, 0) is 5.41 Å². The van der Waals surface area contributed by atoms with E-state index in [1.54, 1.807) is 0 Å². The number of benzene rings is 2. The molecule has 0 atom stereocenters. The molecule has 2 aromatic carbocycles. The Bertz CT molecular complexity index is 1120. The van der Waals surface area contributed by atoms with Crippen molar-refractivity contribution < 1.29 is 4.39 Å². The summed E-state index contributed by atoms with van der Waals surface area (Å²) in [6, 6.07) is 16.9. The quantitative estimate of drug-likeness (QED) is 0.482. The molecule has 2 aliphatic rings. The van der Waals surface area contributed by atoms with Gasteiger partial charge < -0.3 is 0 Å². The Morgan fingerprint density at radius 2 is 1.55 bits per heavy atom. The van der Waals surface area contributed by atoms with Crippen LogP contribution in [0.2, 0.25) is 0 Å². The third kappa shape index (κ3) is 2.51. The predicted molar refractivity (Wildman–Crippen MR) is 121 cm³/mol. The van der Waals surface area contributed by atoms with Crippen LogP contribution in [0.15, 0.2) is 133 Å². The van der Waals surface area contributed by atoms with E-state index in [-0.39, 0.29) is 0 Å². The average molecular weight is 378 g/mol. The zero-order valence-electron chi connectivity index (χ0n) is 16.6. The molecule has 1 heteroatoms. The van der Waals surface area contributed by atoms with Gasteiger partial charge in [-0.2, -0.15) is 0 Å². The van der Waals surface area contributed by atoms with Crippen LogP contribution in [-0.4, -0.2) is 0 Å². The molecule has 0 heterocycles. The maximum Gasteiger partial charge on any atom is 0.116 e. The van der Waals surface area contributed by atoms with Crippen molar-refractivity contribution >= 4 is 0 Å². The van der Waals surface area contributed by atoms with E-state index in [4.69, 9.17) is 0 Å². The van der Waals surface area contributed by atoms with E-state index >= 15 is 0 Å². The first-order valence-corrected chi connectivity index (χ1v) is 9.70. The minimum absolute atomic E-state index is 0.473. The van der Waals surface area contributed by atoms with Crippen LogP contribution in [0.1, 0.15) is 18.1 Å². The minimum atomic E-state index is -0.543. The molecular formula is C28H23F. The molecule has 2 aliphatic carbocycles. The zero-order chi connectivity index (χ0) is 20.6. The molecule has 0 aromatic heterocycles. The number of rotatable bonds is 4. The Morgan fingerprint density at radius 1 is 0.966 bits per heavy atom. The van der Waals surface area contributed by atoms with E-state index in [1.165, 1.54) is 28.3 Å². The number of hydrogen-bond donors (Lipinski definition) is 0. The molecule has 0 saturated heterocycles. The fraction of sp³-hybridized carbons (Fsp3) is 0.0714. The van der Waals surface area contributed by atoms with Crippen molar-refractivity contribution in [1.82, 2.24) is 0 Å². The maximum atomic E-state index is 13.7. The van der Waals surface area contributed by atoms with Gasteiger partial charge >= 0.3 is 0 Å². The molecule has 2 aromatic rings. The van der Waals surface area contributed by atoms with Crippen molar-refractivity contribution in [3.63, 3.8) is 0 Å². The number of hydrogen-bond acceptors (Lipinski definition) is 0. The largest absolute Gasteiger partial charge is 0.208 e. The van der Waals surface area contributed by atoms with Gasteiger partial charge in [0, 0.05) is 0 Å². The predicted octanol–water partition coefficient (Wildman–Crippen LogP) is 7.55. The van der Waals surface area contributed by atoms with Crippen LogP contribution in [0.25, 0.3) is 11.1 Å². The van der Waals surface area contributed by atoms with Gasteiger partial charge in [0.05, 0.1) is 5.41 Å². The van der Waals surface area contributed by atoms with Crippen LogP contribution in [0.3, 0.4) is 0 Å². The van der Waals surface area contributed by atoms with Crippen molar-refractivity contribution in [3.05, 3.63) is 144 Å². The Labute approximate surface area is 172 Å². The lowest BCUT2D eigenvalue weighted by Crippen LogP contribution is -2.27. The van der Waals surface area contributed by atoms with E-state index in [9.17, 15) is 4.39 Å². The van der Waals surface area contributed by atoms with Gasteiger partial charge in [-0.25, -0.2) is 4.39 Å². The van der Waals surface area contributed by atoms with E-state index < -0.39 is 11.2 Å². The molecule has 0 unspecified atom stereocenters. The molecule has 0 bridgehead atoms. The topological polar surface area (TPSA) is 0 Å². The van der Waals surface area contributed by atoms with Gasteiger partial charge in [-0.1, -0.05) is 98.6 Å². The highest BCUT2D eigenvalue weighted by molar-refractivity contribution is 5.91. The molecule has 4 rings (SSSR count). The molecule has 0 amide bonds. The summed E-state index contributed by atoms with van der Waals surface area (Å²) in [6.07, 6.45) is 11.2. The summed E-state index contributed by atoms with van der Waals surface area (Å²) in [6.45, 7) is 13.5. The lowest BCUT2D eigenvalue weighted by molar-refractivity contribution is 0.670. The summed E-state index contributed by atoms with van der Waals surface area (Å²) >= 11 is 0. The molecule has 0 saturated carbocycles. The highest BCUT2D eigenvalue weighted by Crippen LogP contribution is 2.63. The van der Waals surface area contributed by atoms with E-state index in [2.05, 4.69) is 80.4 Å². The fourth-order valence-corrected chi connectivity index (χ4v) is 4.91. The molecule has 1 spiro atoms. The Morgan fingerprint density at radius 3 is 2.03 bits per heavy atom. The van der Waals surface area contributed by atoms with Crippen LogP contribution in [0.5, 0.6) is 0 Å². The van der Waals surface area contributed by atoms with E-state index in [1.807, 2.05) is 25.2 Å². The second-order valence-corrected chi connectivity index (χ2v) is 7.17. The highest BCUT2D eigenvalue weighted by atomic mass is 19.1. The number of halogens is 1. The molecule has 0 nitrogen and oxygen atoms in total. The van der Waals surface area contributed by atoms with Gasteiger partial charge in [0.15, 0.2) is 0 Å². The van der Waals surface area contributed by atoms with Crippen LogP contribution in [0, 0.1) is 0 Å². The first-order chi connectivity index (χ1) is 14.1. The van der Waals surface area contributed by atoms with E-state index in [0.29, 0.717) is 0 Å². The SMILES string of the molecule is C=CC=C1/C(=C\C)C(C=C)=C(/C=C\C(=C)F)C12c1ccccc1-c1ccccc12. The van der Waals surface area contributed by atoms with Crippen molar-refractivity contribution in [2.75, 3.05) is 0 Å². The summed E-state index contributed by atoms with van der Waals surface area (Å²) in [5.74, 6) is -0.473. The average Bonchev–Trinajstić information content (AvgIpc) is 3.18. The minimum Gasteiger partial charge on any atom is -0.208 e. The molecule has 29 heavy (non-hydrogen) atoms. The van der Waals surface area contributed by atoms with Gasteiger partial charge in [-0.3, -0.25) is 0 Å². The smallest absolute Gasteiger partial charge is 0.116 e. The summed E-state index contributed by atoms with van der Waals surface area (Å²) in [5.41, 5.74) is 8.46. The second kappa shape index (κ2) is 7.18. The molecule has 0 fully saturated rings. The first-order valence-electron chi connectivity index (χ1n) is 9.70. The normalized spacial score (nSPS) is 19.2. The van der Waals surface area contributed by atoms with Crippen molar-refractivity contribution in [3.8, 4) is 11.1 Å². The fourth-order valence-electron chi connectivity index (χ4n) is 4.91. The van der Waals surface area contributed by atoms with Crippen LogP contribution < -0.4 is 0 Å². The van der Waals surface area contributed by atoms with Gasteiger partial charge in [-0.05, 0) is 57.5 Å². The summed E-state index contributed by atoms with van der Waals surface area (Å²) in [4.78, 5) is 0. The van der Waals surface area contributed by atoms with Gasteiger partial charge in [0.1, 0.15) is 5.83 Å². The summed E-state index contributed by atoms with van der Waals surface area (Å²) < 4.78 is 13.7. The van der Waals surface area contributed by atoms with Crippen molar-refractivity contribution in [2.45, 2.75) is 12.3 Å². The van der Waals surface area contributed by atoms with Crippen LogP contribution in [0.4, 0.5) is 4.39 Å². The molecule has 0 radical (unpaired) electrons. The van der Waals surface area contributed by atoms with Crippen LogP contribution >= 0.6 is 0 Å². The molecule has 0 aliphatic heterocycles. The standard InChI is InChI=1S/C28H23F/c1-5-12-24-20(6-2)21(7-3)27(18-17-19(4)29)28(24)25-15-10-8-13-22(25)23-14-9-11-16-26(23)28/h5-18H,1,3-4H2,2H3/b18-17-,20-6-,24-12?. The summed E-state index contributed by atoms with van der Waals surface area (Å²) in [5, 5.41) is 0. The number of fused-ring (bicyclic) bond motifs is 5. The van der Waals surface area contributed by atoms with Gasteiger partial charge in [0.2, 0.25) is 0 Å². The van der Waals surface area contributed by atoms with Crippen molar-refractivity contribution in [1.29, 1.82) is 0 Å². The highest BCUT2D eigenvalue weighted by Gasteiger charge is 2.52. The third-order valence-electron chi connectivity index (χ3n) is 5.84. The Hall–Kier alpha value is -3.45.